The summed E-state index contributed by atoms with van der Waals surface area (Å²) in [4.78, 5) is 0. The molecule has 0 fully saturated rings. The Morgan fingerprint density at radius 2 is 1.90 bits per heavy atom. The maximum absolute atomic E-state index is 13.8. The first kappa shape index (κ1) is 18.9. The summed E-state index contributed by atoms with van der Waals surface area (Å²) in [6.45, 7) is 1.28. The molecule has 0 amide bonds. The van der Waals surface area contributed by atoms with E-state index in [9.17, 15) is 4.39 Å². The number of halogens is 1. The predicted octanol–water partition coefficient (Wildman–Crippen LogP) is 3.71. The van der Waals surface area contributed by atoms with Crippen LogP contribution in [-0.4, -0.2) is 26.7 Å². The fraction of sp³-hybridized carbons (Fsp3) is 0.182. The summed E-state index contributed by atoms with van der Waals surface area (Å²) in [6, 6.07) is 14.2. The van der Waals surface area contributed by atoms with Crippen molar-refractivity contribution < 1.29 is 9.13 Å². The van der Waals surface area contributed by atoms with E-state index in [1.165, 1.54) is 12.1 Å². The molecule has 0 saturated heterocycles. The van der Waals surface area contributed by atoms with Gasteiger partial charge in [0.2, 0.25) is 0 Å². The van der Waals surface area contributed by atoms with Gasteiger partial charge in [-0.2, -0.15) is 10.2 Å². The van der Waals surface area contributed by atoms with Crippen LogP contribution in [0, 0.1) is 5.82 Å². The zero-order chi connectivity index (χ0) is 20.2. The van der Waals surface area contributed by atoms with Crippen molar-refractivity contribution in [3.05, 3.63) is 84.1 Å². The molecule has 0 aliphatic carbocycles. The highest BCUT2D eigenvalue weighted by Crippen LogP contribution is 2.25. The minimum Gasteiger partial charge on any atom is -0.497 e. The van der Waals surface area contributed by atoms with Gasteiger partial charge >= 0.3 is 0 Å². The van der Waals surface area contributed by atoms with E-state index in [2.05, 4.69) is 10.4 Å². The highest BCUT2D eigenvalue weighted by molar-refractivity contribution is 5.63. The lowest BCUT2D eigenvalue weighted by molar-refractivity contribution is 0.414. The summed E-state index contributed by atoms with van der Waals surface area (Å²) in [5, 5.41) is 12.3. The fourth-order valence-electron chi connectivity index (χ4n) is 3.19. The highest BCUT2D eigenvalue weighted by atomic mass is 19.1. The molecule has 0 bridgehead atoms. The third kappa shape index (κ3) is 4.35. The summed E-state index contributed by atoms with van der Waals surface area (Å²) >= 11 is 0. The van der Waals surface area contributed by atoms with Gasteiger partial charge in [0.05, 0.1) is 24.7 Å². The number of rotatable bonds is 7. The Kier molecular flexibility index (Phi) is 5.39. The van der Waals surface area contributed by atoms with Gasteiger partial charge in [0.15, 0.2) is 0 Å². The number of benzene rings is 2. The van der Waals surface area contributed by atoms with Crippen LogP contribution in [0.15, 0.2) is 67.1 Å². The lowest BCUT2D eigenvalue weighted by atomic mass is 10.1. The summed E-state index contributed by atoms with van der Waals surface area (Å²) in [5.41, 5.74) is 4.48. The van der Waals surface area contributed by atoms with Gasteiger partial charge in [-0.05, 0) is 36.4 Å². The monoisotopic (exact) mass is 391 g/mol. The van der Waals surface area contributed by atoms with Crippen LogP contribution >= 0.6 is 0 Å². The van der Waals surface area contributed by atoms with E-state index in [1.807, 2.05) is 56.0 Å². The Morgan fingerprint density at radius 1 is 1.07 bits per heavy atom. The molecule has 2 heterocycles. The molecule has 0 unspecified atom stereocenters. The molecule has 4 rings (SSSR count). The molecule has 2 aromatic heterocycles. The van der Waals surface area contributed by atoms with Crippen molar-refractivity contribution in [1.82, 2.24) is 24.9 Å². The number of methoxy groups -OCH3 is 1. The fourth-order valence-corrected chi connectivity index (χ4v) is 3.19. The van der Waals surface area contributed by atoms with Crippen LogP contribution in [-0.2, 0) is 20.1 Å². The third-order valence-corrected chi connectivity index (χ3v) is 4.63. The van der Waals surface area contributed by atoms with E-state index in [4.69, 9.17) is 9.84 Å². The second-order valence-corrected chi connectivity index (χ2v) is 6.78. The van der Waals surface area contributed by atoms with Crippen LogP contribution in [0.1, 0.15) is 11.1 Å². The van der Waals surface area contributed by atoms with Crippen LogP contribution in [0.4, 0.5) is 4.39 Å². The van der Waals surface area contributed by atoms with Crippen LogP contribution in [0.25, 0.3) is 16.9 Å². The SMILES string of the molecule is COc1ccc(-n2cc(CNCc3cnn(C)c3)c(-c3cccc(F)c3)n2)cc1. The quantitative estimate of drug-likeness (QED) is 0.522. The van der Waals surface area contributed by atoms with Gasteiger partial charge < -0.3 is 10.1 Å². The lowest BCUT2D eigenvalue weighted by Crippen LogP contribution is -2.12. The Morgan fingerprint density at radius 3 is 2.59 bits per heavy atom. The van der Waals surface area contributed by atoms with Crippen molar-refractivity contribution in [2.24, 2.45) is 7.05 Å². The summed E-state index contributed by atoms with van der Waals surface area (Å²) < 4.78 is 22.6. The smallest absolute Gasteiger partial charge is 0.123 e. The number of hydrogen-bond acceptors (Lipinski definition) is 4. The van der Waals surface area contributed by atoms with Crippen molar-refractivity contribution in [1.29, 1.82) is 0 Å². The Balaban J connectivity index is 1.62. The van der Waals surface area contributed by atoms with Crippen LogP contribution < -0.4 is 10.1 Å². The molecule has 0 spiro atoms. The maximum atomic E-state index is 13.8. The van der Waals surface area contributed by atoms with E-state index in [0.29, 0.717) is 13.1 Å². The van der Waals surface area contributed by atoms with Crippen molar-refractivity contribution in [2.75, 3.05) is 7.11 Å². The van der Waals surface area contributed by atoms with E-state index in [1.54, 1.807) is 22.5 Å². The number of nitrogens with one attached hydrogen (secondary N) is 1. The number of aromatic nitrogens is 4. The van der Waals surface area contributed by atoms with Gasteiger partial charge in [-0.3, -0.25) is 4.68 Å². The van der Waals surface area contributed by atoms with Crippen molar-refractivity contribution in [3.8, 4) is 22.7 Å². The van der Waals surface area contributed by atoms with Crippen LogP contribution in [0.3, 0.4) is 0 Å². The molecule has 0 atom stereocenters. The average Bonchev–Trinajstić information content (AvgIpc) is 3.34. The molecule has 0 saturated carbocycles. The molecule has 6 nitrogen and oxygen atoms in total. The molecular weight excluding hydrogens is 369 g/mol. The van der Waals surface area contributed by atoms with Gasteiger partial charge in [-0.1, -0.05) is 12.1 Å². The number of aryl methyl sites for hydroxylation is 1. The number of ether oxygens (including phenoxy) is 1. The van der Waals surface area contributed by atoms with E-state index >= 15 is 0 Å². The van der Waals surface area contributed by atoms with Crippen LogP contribution in [0.5, 0.6) is 5.75 Å². The first-order chi connectivity index (χ1) is 14.1. The molecule has 7 heteroatoms. The molecule has 0 radical (unpaired) electrons. The molecule has 1 N–H and O–H groups in total. The molecule has 148 valence electrons. The summed E-state index contributed by atoms with van der Waals surface area (Å²) in [6.07, 6.45) is 5.78. The lowest BCUT2D eigenvalue weighted by Gasteiger charge is -2.04. The molecule has 0 aliphatic rings. The van der Waals surface area contributed by atoms with Crippen LogP contribution in [0.2, 0.25) is 0 Å². The Bertz CT molecular complexity index is 1100. The summed E-state index contributed by atoms with van der Waals surface area (Å²) in [7, 11) is 3.53. The number of hydrogen-bond donors (Lipinski definition) is 1. The Labute approximate surface area is 168 Å². The minimum atomic E-state index is -0.282. The zero-order valence-electron chi connectivity index (χ0n) is 16.3. The van der Waals surface area contributed by atoms with Gasteiger partial charge in [0.1, 0.15) is 11.6 Å². The Hall–Kier alpha value is -3.45. The number of nitrogens with zero attached hydrogens (tertiary/aromatic N) is 4. The molecule has 29 heavy (non-hydrogen) atoms. The van der Waals surface area contributed by atoms with E-state index in [-0.39, 0.29) is 5.82 Å². The van der Waals surface area contributed by atoms with Gasteiger partial charge in [-0.15, -0.1) is 0 Å². The minimum absolute atomic E-state index is 0.282. The van der Waals surface area contributed by atoms with E-state index < -0.39 is 0 Å². The van der Waals surface area contributed by atoms with Crippen molar-refractivity contribution in [2.45, 2.75) is 13.1 Å². The molecule has 0 aliphatic heterocycles. The van der Waals surface area contributed by atoms with E-state index in [0.717, 1.165) is 33.8 Å². The second kappa shape index (κ2) is 8.28. The first-order valence-corrected chi connectivity index (χ1v) is 9.29. The topological polar surface area (TPSA) is 56.9 Å². The normalized spacial score (nSPS) is 11.0. The van der Waals surface area contributed by atoms with Gasteiger partial charge in [0, 0.05) is 49.2 Å². The predicted molar refractivity (Wildman–Crippen MR) is 109 cm³/mol. The summed E-state index contributed by atoms with van der Waals surface area (Å²) in [5.74, 6) is 0.500. The zero-order valence-corrected chi connectivity index (χ0v) is 16.3. The molecular formula is C22H22FN5O. The highest BCUT2D eigenvalue weighted by Gasteiger charge is 2.13. The molecule has 2 aromatic carbocycles. The largest absolute Gasteiger partial charge is 0.497 e. The third-order valence-electron chi connectivity index (χ3n) is 4.63. The first-order valence-electron chi connectivity index (χ1n) is 9.29. The molecule has 4 aromatic rings. The van der Waals surface area contributed by atoms with Gasteiger partial charge in [-0.25, -0.2) is 9.07 Å². The standard InChI is InChI=1S/C22H22FN5O/c1-27-14-16(12-25-27)11-24-13-18-15-28(20-6-8-21(29-2)9-7-20)26-22(18)17-4-3-5-19(23)10-17/h3-10,12,14-15,24H,11,13H2,1-2H3. The van der Waals surface area contributed by atoms with Crippen molar-refractivity contribution in [3.63, 3.8) is 0 Å². The average molecular weight is 391 g/mol. The second-order valence-electron chi connectivity index (χ2n) is 6.78. The maximum Gasteiger partial charge on any atom is 0.123 e. The van der Waals surface area contributed by atoms with Gasteiger partial charge in [0.25, 0.3) is 0 Å². The van der Waals surface area contributed by atoms with Crippen molar-refractivity contribution >= 4 is 0 Å².